The first-order chi connectivity index (χ1) is 9.48. The first-order valence-corrected chi connectivity index (χ1v) is 6.16. The van der Waals surface area contributed by atoms with Crippen LogP contribution in [0.5, 0.6) is 5.75 Å². The molecule has 0 atom stereocenters. The Bertz CT molecular complexity index is 670. The molecule has 1 aliphatic carbocycles. The van der Waals surface area contributed by atoms with Crippen molar-refractivity contribution in [1.82, 2.24) is 4.98 Å². The van der Waals surface area contributed by atoms with Crippen molar-refractivity contribution >= 4 is 16.6 Å². The molecule has 4 nitrogen and oxygen atoms in total. The minimum Gasteiger partial charge on any atom is -0.406 e. The first kappa shape index (κ1) is 13.0. The Kier molecular flexibility index (Phi) is 2.93. The molecule has 0 amide bonds. The van der Waals surface area contributed by atoms with Gasteiger partial charge in [0.2, 0.25) is 0 Å². The molecule has 1 aliphatic rings. The van der Waals surface area contributed by atoms with Crippen LogP contribution < -0.4 is 16.0 Å². The summed E-state index contributed by atoms with van der Waals surface area (Å²) in [4.78, 5) is 4.47. The Hall–Kier alpha value is -2.02. The predicted octanol–water partition coefficient (Wildman–Crippen LogP) is 2.91. The fourth-order valence-corrected chi connectivity index (χ4v) is 2.60. The second kappa shape index (κ2) is 4.52. The van der Waals surface area contributed by atoms with Gasteiger partial charge in [0, 0.05) is 11.1 Å². The van der Waals surface area contributed by atoms with E-state index in [1.807, 2.05) is 0 Å². The number of halogens is 3. The van der Waals surface area contributed by atoms with Gasteiger partial charge in [0.1, 0.15) is 5.75 Å². The van der Waals surface area contributed by atoms with Gasteiger partial charge in [-0.3, -0.25) is 10.8 Å². The molecule has 7 heteroatoms. The molecule has 106 valence electrons. The number of aromatic nitrogens is 1. The monoisotopic (exact) mass is 283 g/mol. The zero-order chi connectivity index (χ0) is 14.3. The van der Waals surface area contributed by atoms with Gasteiger partial charge in [-0.1, -0.05) is 0 Å². The number of nitrogens with one attached hydrogen (secondary N) is 1. The molecule has 1 heterocycles. The van der Waals surface area contributed by atoms with Crippen LogP contribution >= 0.6 is 0 Å². The molecule has 3 rings (SSSR count). The van der Waals surface area contributed by atoms with Crippen molar-refractivity contribution in [3.63, 3.8) is 0 Å². The Morgan fingerprint density at radius 2 is 2.05 bits per heavy atom. The van der Waals surface area contributed by atoms with Crippen LogP contribution in [-0.2, 0) is 12.8 Å². The van der Waals surface area contributed by atoms with Crippen molar-refractivity contribution < 1.29 is 17.9 Å². The quantitative estimate of drug-likeness (QED) is 0.657. The first-order valence-electron chi connectivity index (χ1n) is 6.16. The number of nitrogens with two attached hydrogens (primary N) is 1. The third-order valence-corrected chi connectivity index (χ3v) is 3.36. The molecule has 1 aromatic heterocycles. The standard InChI is InChI=1S/C13H12F3N3O/c14-13(15,16)20-7-4-5-11-9(6-7)12(19-17)8-2-1-3-10(8)18-11/h4-6H,1-3,17H2,(H,18,19). The summed E-state index contributed by atoms with van der Waals surface area (Å²) >= 11 is 0. The maximum Gasteiger partial charge on any atom is 0.573 e. The van der Waals surface area contributed by atoms with Gasteiger partial charge in [-0.15, -0.1) is 13.2 Å². The van der Waals surface area contributed by atoms with Crippen molar-refractivity contribution in [1.29, 1.82) is 0 Å². The summed E-state index contributed by atoms with van der Waals surface area (Å²) in [6, 6.07) is 4.07. The third-order valence-electron chi connectivity index (χ3n) is 3.36. The number of benzene rings is 1. The lowest BCUT2D eigenvalue weighted by atomic mass is 10.1. The molecule has 20 heavy (non-hydrogen) atoms. The SMILES string of the molecule is NNc1c2c(nc3ccc(OC(F)(F)F)cc13)CCC2. The lowest BCUT2D eigenvalue weighted by Crippen LogP contribution is -2.17. The highest BCUT2D eigenvalue weighted by Gasteiger charge is 2.31. The van der Waals surface area contributed by atoms with Crippen LogP contribution in [0.2, 0.25) is 0 Å². The van der Waals surface area contributed by atoms with Crippen LogP contribution in [0.15, 0.2) is 18.2 Å². The minimum atomic E-state index is -4.71. The van der Waals surface area contributed by atoms with E-state index in [4.69, 9.17) is 5.84 Å². The van der Waals surface area contributed by atoms with Crippen LogP contribution in [0.1, 0.15) is 17.7 Å². The summed E-state index contributed by atoms with van der Waals surface area (Å²) < 4.78 is 40.7. The van der Waals surface area contributed by atoms with Gasteiger partial charge in [0.05, 0.1) is 11.2 Å². The van der Waals surface area contributed by atoms with Gasteiger partial charge < -0.3 is 10.2 Å². The molecule has 2 aromatic rings. The highest BCUT2D eigenvalue weighted by atomic mass is 19.4. The Balaban J connectivity index is 2.15. The summed E-state index contributed by atoms with van der Waals surface area (Å²) in [5.41, 5.74) is 5.75. The number of alkyl halides is 3. The number of hydrogen-bond donors (Lipinski definition) is 2. The summed E-state index contributed by atoms with van der Waals surface area (Å²) in [5.74, 6) is 5.25. The average molecular weight is 283 g/mol. The topological polar surface area (TPSA) is 60.2 Å². The van der Waals surface area contributed by atoms with E-state index in [2.05, 4.69) is 15.1 Å². The lowest BCUT2D eigenvalue weighted by Gasteiger charge is -2.14. The van der Waals surface area contributed by atoms with E-state index < -0.39 is 6.36 Å². The number of rotatable bonds is 2. The fourth-order valence-electron chi connectivity index (χ4n) is 2.60. The summed E-state index contributed by atoms with van der Waals surface area (Å²) in [6.45, 7) is 0. The molecular weight excluding hydrogens is 271 g/mol. The summed E-state index contributed by atoms with van der Waals surface area (Å²) in [7, 11) is 0. The van der Waals surface area contributed by atoms with Crippen molar-refractivity contribution in [2.45, 2.75) is 25.6 Å². The van der Waals surface area contributed by atoms with E-state index in [1.165, 1.54) is 18.2 Å². The Morgan fingerprint density at radius 1 is 1.25 bits per heavy atom. The third kappa shape index (κ3) is 2.24. The van der Waals surface area contributed by atoms with Crippen molar-refractivity contribution in [3.8, 4) is 5.75 Å². The maximum absolute atomic E-state index is 12.3. The van der Waals surface area contributed by atoms with Crippen LogP contribution in [-0.4, -0.2) is 11.3 Å². The van der Waals surface area contributed by atoms with Crippen LogP contribution in [0, 0.1) is 0 Å². The molecule has 0 spiro atoms. The van der Waals surface area contributed by atoms with Crippen LogP contribution in [0.25, 0.3) is 10.9 Å². The highest BCUT2D eigenvalue weighted by Crippen LogP contribution is 2.36. The molecule has 0 unspecified atom stereocenters. The lowest BCUT2D eigenvalue weighted by molar-refractivity contribution is -0.274. The number of pyridine rings is 1. The maximum atomic E-state index is 12.3. The van der Waals surface area contributed by atoms with Crippen molar-refractivity contribution in [2.75, 3.05) is 5.43 Å². The number of fused-ring (bicyclic) bond motifs is 2. The molecule has 0 bridgehead atoms. The van der Waals surface area contributed by atoms with E-state index in [-0.39, 0.29) is 5.75 Å². The molecule has 0 saturated heterocycles. The molecule has 0 radical (unpaired) electrons. The average Bonchev–Trinajstić information content (AvgIpc) is 2.81. The molecule has 0 fully saturated rings. The second-order valence-corrected chi connectivity index (χ2v) is 4.64. The summed E-state index contributed by atoms with van der Waals surface area (Å²) in [5, 5.41) is 0.537. The van der Waals surface area contributed by atoms with Crippen LogP contribution in [0.3, 0.4) is 0 Å². The molecule has 3 N–H and O–H groups in total. The zero-order valence-corrected chi connectivity index (χ0v) is 10.4. The van der Waals surface area contributed by atoms with E-state index in [1.54, 1.807) is 0 Å². The van der Waals surface area contributed by atoms with Crippen molar-refractivity contribution in [2.24, 2.45) is 5.84 Å². The predicted molar refractivity (Wildman–Crippen MR) is 68.3 cm³/mol. The summed E-state index contributed by atoms with van der Waals surface area (Å²) in [6.07, 6.45) is -2.06. The number of nitrogen functional groups attached to an aromatic ring is 1. The molecular formula is C13H12F3N3O. The number of aryl methyl sites for hydroxylation is 1. The number of nitrogens with zero attached hydrogens (tertiary/aromatic N) is 1. The molecule has 1 aromatic carbocycles. The van der Waals surface area contributed by atoms with Gasteiger partial charge >= 0.3 is 6.36 Å². The van der Waals surface area contributed by atoms with Crippen LogP contribution in [0.4, 0.5) is 18.9 Å². The van der Waals surface area contributed by atoms with Gasteiger partial charge in [-0.25, -0.2) is 0 Å². The number of anilines is 1. The zero-order valence-electron chi connectivity index (χ0n) is 10.4. The highest BCUT2D eigenvalue weighted by molar-refractivity contribution is 5.94. The van der Waals surface area contributed by atoms with E-state index in [0.717, 1.165) is 30.5 Å². The molecule has 0 aliphatic heterocycles. The van der Waals surface area contributed by atoms with Crippen molar-refractivity contribution in [3.05, 3.63) is 29.5 Å². The Labute approximate surface area is 112 Å². The fraction of sp³-hybridized carbons (Fsp3) is 0.308. The van der Waals surface area contributed by atoms with Gasteiger partial charge in [-0.2, -0.15) is 0 Å². The number of ether oxygens (including phenoxy) is 1. The van der Waals surface area contributed by atoms with E-state index in [0.29, 0.717) is 16.6 Å². The number of hydrazine groups is 1. The Morgan fingerprint density at radius 3 is 2.75 bits per heavy atom. The minimum absolute atomic E-state index is 0.277. The smallest absolute Gasteiger partial charge is 0.406 e. The van der Waals surface area contributed by atoms with E-state index >= 15 is 0 Å². The number of hydrogen-bond acceptors (Lipinski definition) is 4. The molecule has 0 saturated carbocycles. The normalized spacial score (nSPS) is 14.4. The second-order valence-electron chi connectivity index (χ2n) is 4.64. The van der Waals surface area contributed by atoms with Gasteiger partial charge in [0.15, 0.2) is 0 Å². The van der Waals surface area contributed by atoms with E-state index in [9.17, 15) is 13.2 Å². The van der Waals surface area contributed by atoms with Gasteiger partial charge in [0.25, 0.3) is 0 Å². The van der Waals surface area contributed by atoms with Gasteiger partial charge in [-0.05, 0) is 43.0 Å². The largest absolute Gasteiger partial charge is 0.573 e.